The molecule has 1 saturated carbocycles. The van der Waals surface area contributed by atoms with Gasteiger partial charge in [-0.1, -0.05) is 43.2 Å². The number of aliphatic imine (C=N–C) groups is 1. The Kier molecular flexibility index (Phi) is 10.3. The van der Waals surface area contributed by atoms with Crippen LogP contribution in [-0.4, -0.2) is 39.8 Å². The summed E-state index contributed by atoms with van der Waals surface area (Å²) in [7, 11) is 3.63. The minimum atomic E-state index is 0. The van der Waals surface area contributed by atoms with Gasteiger partial charge in [0.2, 0.25) is 0 Å². The minimum Gasteiger partial charge on any atom is -0.385 e. The number of methoxy groups -OCH3 is 1. The van der Waals surface area contributed by atoms with E-state index in [4.69, 9.17) is 4.74 Å². The maximum absolute atomic E-state index is 5.30. The van der Waals surface area contributed by atoms with Gasteiger partial charge in [0.15, 0.2) is 5.96 Å². The Morgan fingerprint density at radius 2 is 1.88 bits per heavy atom. The van der Waals surface area contributed by atoms with Gasteiger partial charge >= 0.3 is 0 Å². The van der Waals surface area contributed by atoms with E-state index in [1.54, 1.807) is 7.11 Å². The molecule has 1 aromatic rings. The standard InChI is InChI=1S/C19H31N3O.HI/c1-20-18(21-14-10-17-8-4-3-5-9-17)22-16-19(13-15-23-2)11-6-7-12-19;/h3-5,8-9H,6-7,10-16H2,1-2H3,(H2,20,21,22);1H. The van der Waals surface area contributed by atoms with E-state index in [2.05, 4.69) is 46.0 Å². The molecule has 0 atom stereocenters. The predicted molar refractivity (Wildman–Crippen MR) is 112 cm³/mol. The van der Waals surface area contributed by atoms with Crippen LogP contribution in [0.15, 0.2) is 35.3 Å². The smallest absolute Gasteiger partial charge is 0.191 e. The van der Waals surface area contributed by atoms with E-state index in [0.717, 1.165) is 38.5 Å². The fourth-order valence-electron chi connectivity index (χ4n) is 3.42. The third kappa shape index (κ3) is 6.97. The van der Waals surface area contributed by atoms with Gasteiger partial charge in [0.1, 0.15) is 0 Å². The largest absolute Gasteiger partial charge is 0.385 e. The number of hydrogen-bond donors (Lipinski definition) is 2. The molecule has 24 heavy (non-hydrogen) atoms. The van der Waals surface area contributed by atoms with Gasteiger partial charge in [0.25, 0.3) is 0 Å². The van der Waals surface area contributed by atoms with Gasteiger partial charge in [-0.25, -0.2) is 0 Å². The first-order valence-corrected chi connectivity index (χ1v) is 8.75. The second-order valence-electron chi connectivity index (χ2n) is 6.54. The number of hydrogen-bond acceptors (Lipinski definition) is 2. The summed E-state index contributed by atoms with van der Waals surface area (Å²) in [6.45, 7) is 2.73. The van der Waals surface area contributed by atoms with Crippen molar-refractivity contribution in [3.8, 4) is 0 Å². The molecule has 2 rings (SSSR count). The predicted octanol–water partition coefficient (Wildman–Crippen LogP) is 3.61. The molecule has 1 aliphatic carbocycles. The van der Waals surface area contributed by atoms with Crippen molar-refractivity contribution in [1.29, 1.82) is 0 Å². The van der Waals surface area contributed by atoms with Crippen molar-refractivity contribution >= 4 is 29.9 Å². The molecule has 0 heterocycles. The van der Waals surface area contributed by atoms with Gasteiger partial charge in [0.05, 0.1) is 0 Å². The Labute approximate surface area is 163 Å². The number of guanidine groups is 1. The third-order valence-corrected chi connectivity index (χ3v) is 4.90. The van der Waals surface area contributed by atoms with E-state index < -0.39 is 0 Å². The van der Waals surface area contributed by atoms with Crippen molar-refractivity contribution < 1.29 is 4.74 Å². The Morgan fingerprint density at radius 3 is 2.50 bits per heavy atom. The van der Waals surface area contributed by atoms with Crippen LogP contribution in [0.1, 0.15) is 37.7 Å². The zero-order valence-corrected chi connectivity index (χ0v) is 17.3. The van der Waals surface area contributed by atoms with Gasteiger partial charge in [-0.05, 0) is 36.7 Å². The fourth-order valence-corrected chi connectivity index (χ4v) is 3.42. The van der Waals surface area contributed by atoms with E-state index in [1.807, 2.05) is 7.05 Å². The summed E-state index contributed by atoms with van der Waals surface area (Å²) < 4.78 is 5.30. The summed E-state index contributed by atoms with van der Waals surface area (Å²) in [5, 5.41) is 6.95. The normalized spacial score (nSPS) is 16.5. The molecule has 0 bridgehead atoms. The highest BCUT2D eigenvalue weighted by atomic mass is 127. The Bertz CT molecular complexity index is 473. The van der Waals surface area contributed by atoms with Crippen LogP contribution in [0.25, 0.3) is 0 Å². The topological polar surface area (TPSA) is 45.7 Å². The molecule has 0 saturated heterocycles. The lowest BCUT2D eigenvalue weighted by molar-refractivity contribution is 0.138. The molecular weight excluding hydrogens is 413 g/mol. The van der Waals surface area contributed by atoms with E-state index in [-0.39, 0.29) is 24.0 Å². The zero-order valence-electron chi connectivity index (χ0n) is 15.0. The van der Waals surface area contributed by atoms with Gasteiger partial charge in [-0.2, -0.15) is 0 Å². The maximum Gasteiger partial charge on any atom is 0.191 e. The van der Waals surface area contributed by atoms with Gasteiger partial charge < -0.3 is 15.4 Å². The molecule has 1 aliphatic rings. The van der Waals surface area contributed by atoms with E-state index >= 15 is 0 Å². The average Bonchev–Trinajstić information content (AvgIpc) is 3.06. The summed E-state index contributed by atoms with van der Waals surface area (Å²) in [5.74, 6) is 0.907. The van der Waals surface area contributed by atoms with Crippen LogP contribution in [0.5, 0.6) is 0 Å². The van der Waals surface area contributed by atoms with Crippen LogP contribution in [0.2, 0.25) is 0 Å². The highest BCUT2D eigenvalue weighted by Crippen LogP contribution is 2.40. The van der Waals surface area contributed by atoms with Crippen molar-refractivity contribution in [3.63, 3.8) is 0 Å². The average molecular weight is 445 g/mol. The van der Waals surface area contributed by atoms with E-state index in [0.29, 0.717) is 5.41 Å². The molecule has 2 N–H and O–H groups in total. The SMILES string of the molecule is CN=C(NCCc1ccccc1)NCC1(CCOC)CCCC1.I. The molecule has 1 aromatic carbocycles. The zero-order chi connectivity index (χ0) is 16.4. The van der Waals surface area contributed by atoms with Crippen molar-refractivity contribution in [2.24, 2.45) is 10.4 Å². The van der Waals surface area contributed by atoms with Crippen molar-refractivity contribution in [2.75, 3.05) is 33.9 Å². The molecule has 0 unspecified atom stereocenters. The minimum absolute atomic E-state index is 0. The fraction of sp³-hybridized carbons (Fsp3) is 0.632. The molecule has 1 fully saturated rings. The first-order valence-electron chi connectivity index (χ1n) is 8.75. The number of ether oxygens (including phenoxy) is 1. The van der Waals surface area contributed by atoms with Gasteiger partial charge in [-0.15, -0.1) is 24.0 Å². The number of nitrogens with one attached hydrogen (secondary N) is 2. The van der Waals surface area contributed by atoms with E-state index in [9.17, 15) is 0 Å². The number of nitrogens with zero attached hydrogens (tertiary/aromatic N) is 1. The monoisotopic (exact) mass is 445 g/mol. The number of rotatable bonds is 8. The Morgan fingerprint density at radius 1 is 1.17 bits per heavy atom. The first kappa shape index (κ1) is 21.2. The quantitative estimate of drug-likeness (QED) is 0.365. The Balaban J connectivity index is 0.00000288. The summed E-state index contributed by atoms with van der Waals surface area (Å²) in [5.41, 5.74) is 1.73. The molecule has 0 aromatic heterocycles. The van der Waals surface area contributed by atoms with Crippen LogP contribution in [0.4, 0.5) is 0 Å². The van der Waals surface area contributed by atoms with Crippen molar-refractivity contribution in [2.45, 2.75) is 38.5 Å². The van der Waals surface area contributed by atoms with Crippen LogP contribution in [-0.2, 0) is 11.2 Å². The van der Waals surface area contributed by atoms with Crippen LogP contribution in [0.3, 0.4) is 0 Å². The van der Waals surface area contributed by atoms with Crippen LogP contribution < -0.4 is 10.6 Å². The molecule has 0 spiro atoms. The summed E-state index contributed by atoms with van der Waals surface area (Å²) >= 11 is 0. The van der Waals surface area contributed by atoms with Crippen LogP contribution in [0, 0.1) is 5.41 Å². The van der Waals surface area contributed by atoms with E-state index in [1.165, 1.54) is 31.2 Å². The first-order chi connectivity index (χ1) is 11.3. The van der Waals surface area contributed by atoms with Crippen molar-refractivity contribution in [1.82, 2.24) is 10.6 Å². The summed E-state index contributed by atoms with van der Waals surface area (Å²) in [6.07, 6.45) is 7.42. The highest BCUT2D eigenvalue weighted by Gasteiger charge is 2.33. The molecule has 136 valence electrons. The molecule has 0 amide bonds. The highest BCUT2D eigenvalue weighted by molar-refractivity contribution is 14.0. The molecule has 0 radical (unpaired) electrons. The molecule has 0 aliphatic heterocycles. The second kappa shape index (κ2) is 11.7. The van der Waals surface area contributed by atoms with Gasteiger partial charge in [-0.3, -0.25) is 4.99 Å². The lowest BCUT2D eigenvalue weighted by atomic mass is 9.83. The maximum atomic E-state index is 5.30. The number of benzene rings is 1. The summed E-state index contributed by atoms with van der Waals surface area (Å²) in [4.78, 5) is 4.35. The third-order valence-electron chi connectivity index (χ3n) is 4.90. The Hall–Kier alpha value is -0.820. The molecule has 5 heteroatoms. The second-order valence-corrected chi connectivity index (χ2v) is 6.54. The molecular formula is C19H32IN3O. The van der Waals surface area contributed by atoms with Crippen molar-refractivity contribution in [3.05, 3.63) is 35.9 Å². The number of halogens is 1. The summed E-state index contributed by atoms with van der Waals surface area (Å²) in [6, 6.07) is 10.6. The van der Waals surface area contributed by atoms with Gasteiger partial charge in [0, 0.05) is 33.9 Å². The van der Waals surface area contributed by atoms with Crippen LogP contribution >= 0.6 is 24.0 Å². The molecule has 4 nitrogen and oxygen atoms in total. The lowest BCUT2D eigenvalue weighted by Gasteiger charge is -2.30. The lowest BCUT2D eigenvalue weighted by Crippen LogP contribution is -2.43.